The van der Waals surface area contributed by atoms with Gasteiger partial charge in [0.25, 0.3) is 0 Å². The van der Waals surface area contributed by atoms with Crippen LogP contribution in [0.4, 0.5) is 5.69 Å². The quantitative estimate of drug-likeness (QED) is 0.315. The lowest BCUT2D eigenvalue weighted by atomic mass is 10.1. The fraction of sp³-hybridized carbons (Fsp3) is 0.241. The normalized spacial score (nSPS) is 20.7. The molecule has 1 aromatic heterocycles. The summed E-state index contributed by atoms with van der Waals surface area (Å²) in [5.74, 6) is 0.334. The topological polar surface area (TPSA) is 89.8 Å². The first-order valence-electron chi connectivity index (χ1n) is 12.7. The van der Waals surface area contributed by atoms with Crippen molar-refractivity contribution in [2.24, 2.45) is 0 Å². The highest BCUT2D eigenvalue weighted by Crippen LogP contribution is 2.25. The summed E-state index contributed by atoms with van der Waals surface area (Å²) in [6.45, 7) is 3.22. The van der Waals surface area contributed by atoms with Gasteiger partial charge in [0.1, 0.15) is 12.2 Å². The van der Waals surface area contributed by atoms with Crippen molar-refractivity contribution in [2.45, 2.75) is 38.4 Å². The number of carbonyl (C=O) groups excluding carboxylic acids is 1. The van der Waals surface area contributed by atoms with E-state index >= 15 is 0 Å². The molecule has 0 saturated carbocycles. The second kappa shape index (κ2) is 11.3. The van der Waals surface area contributed by atoms with Crippen molar-refractivity contribution in [3.8, 4) is 0 Å². The van der Waals surface area contributed by atoms with Gasteiger partial charge in [-0.05, 0) is 48.4 Å². The average molecular weight is 561 g/mol. The molecule has 0 radical (unpaired) electrons. The number of aromatic nitrogens is 1. The van der Waals surface area contributed by atoms with Gasteiger partial charge >= 0.3 is 11.9 Å². The molecule has 10 heteroatoms. The minimum Gasteiger partial charge on any atom is -0.349 e. The van der Waals surface area contributed by atoms with E-state index in [4.69, 9.17) is 21.1 Å². The molecule has 0 bridgehead atoms. The zero-order valence-electron chi connectivity index (χ0n) is 21.2. The van der Waals surface area contributed by atoms with Gasteiger partial charge < -0.3 is 9.47 Å². The second-order valence-electron chi connectivity index (χ2n) is 9.44. The molecule has 2 aliphatic rings. The van der Waals surface area contributed by atoms with E-state index in [2.05, 4.69) is 20.3 Å². The summed E-state index contributed by atoms with van der Waals surface area (Å²) in [6, 6.07) is 22.6. The number of amides is 1. The molecule has 0 aliphatic carbocycles. The van der Waals surface area contributed by atoms with Gasteiger partial charge in [-0.15, -0.1) is 11.3 Å². The van der Waals surface area contributed by atoms with Crippen molar-refractivity contribution >= 4 is 56.9 Å². The zero-order chi connectivity index (χ0) is 26.8. The van der Waals surface area contributed by atoms with Crippen molar-refractivity contribution in [1.82, 2.24) is 19.9 Å². The minimum absolute atomic E-state index is 0.120. The van der Waals surface area contributed by atoms with E-state index in [1.807, 2.05) is 79.7 Å². The third-order valence-electron chi connectivity index (χ3n) is 6.56. The monoisotopic (exact) mass is 560 g/mol. The number of rotatable bonds is 8. The van der Waals surface area contributed by atoms with Gasteiger partial charge in [-0.1, -0.05) is 54.1 Å². The van der Waals surface area contributed by atoms with Crippen LogP contribution in [0.3, 0.4) is 0 Å². The highest BCUT2D eigenvalue weighted by molar-refractivity contribution is 7.18. The number of fused-ring (bicyclic) bond motifs is 1. The summed E-state index contributed by atoms with van der Waals surface area (Å²) in [6.07, 6.45) is 1.21. The maximum Gasteiger partial charge on any atom is 0.453 e. The first kappa shape index (κ1) is 25.7. The van der Waals surface area contributed by atoms with Crippen LogP contribution in [0, 0.1) is 6.92 Å². The molecule has 1 amide bonds. The first-order valence-corrected chi connectivity index (χ1v) is 13.9. The maximum absolute atomic E-state index is 13.8. The van der Waals surface area contributed by atoms with Crippen LogP contribution in [0.15, 0.2) is 72.8 Å². The summed E-state index contributed by atoms with van der Waals surface area (Å²) in [5.41, 5.74) is 3.78. The Hall–Kier alpha value is -3.56. The van der Waals surface area contributed by atoms with Crippen molar-refractivity contribution in [3.05, 3.63) is 94.0 Å². The van der Waals surface area contributed by atoms with Gasteiger partial charge in [-0.3, -0.25) is 10.1 Å². The molecule has 2 N–H and O–H groups in total. The molecule has 4 aromatic rings. The Balaban J connectivity index is 1.20. The van der Waals surface area contributed by atoms with Crippen LogP contribution in [0.5, 0.6) is 0 Å². The Morgan fingerprint density at radius 2 is 1.95 bits per heavy atom. The van der Waals surface area contributed by atoms with Gasteiger partial charge in [0.05, 0.1) is 34.5 Å². The molecule has 3 atom stereocenters. The van der Waals surface area contributed by atoms with Crippen LogP contribution in [0.1, 0.15) is 16.1 Å². The van der Waals surface area contributed by atoms with E-state index < -0.39 is 12.3 Å². The van der Waals surface area contributed by atoms with E-state index in [1.165, 1.54) is 0 Å². The summed E-state index contributed by atoms with van der Waals surface area (Å²) in [7, 11) is 0. The van der Waals surface area contributed by atoms with Gasteiger partial charge in [-0.25, -0.2) is 15.0 Å². The Bertz CT molecular complexity index is 1550. The minimum atomic E-state index is -0.619. The predicted octanol–water partition coefficient (Wildman–Crippen LogP) is 4.11. The number of hydrogen-bond donors (Lipinski definition) is 2. The highest BCUT2D eigenvalue weighted by atomic mass is 35.5. The number of benzene rings is 3. The lowest BCUT2D eigenvalue weighted by Gasteiger charge is -2.38. The molecule has 39 heavy (non-hydrogen) atoms. The number of aryl methyl sites for hydroxylation is 1. The van der Waals surface area contributed by atoms with E-state index in [9.17, 15) is 4.79 Å². The number of thiazole rings is 1. The molecule has 1 saturated heterocycles. The molecule has 3 heterocycles. The third-order valence-corrected chi connectivity index (χ3v) is 7.74. The van der Waals surface area contributed by atoms with Crippen molar-refractivity contribution in [3.63, 3.8) is 0 Å². The standard InChI is InChI=1S/C29H26ClN5O3S/c1-18-32-23-12-11-22(13-26(23)39-18)33-29-31-14-24(27(36)35(29)15-19-7-9-21(30)10-8-19)34-25-17-38-28(25)37-16-20-5-3-2-4-6-20/h2-14,24-25,28,34H,15-17H2,1H3/p+1/t24?,25-,28?/m0/s1. The van der Waals surface area contributed by atoms with E-state index in [-0.39, 0.29) is 11.9 Å². The number of guanidine groups is 1. The predicted molar refractivity (Wildman–Crippen MR) is 155 cm³/mol. The highest BCUT2D eigenvalue weighted by Gasteiger charge is 2.42. The summed E-state index contributed by atoms with van der Waals surface area (Å²) >= 11 is 7.72. The van der Waals surface area contributed by atoms with Crippen LogP contribution < -0.4 is 15.3 Å². The molecule has 6 rings (SSSR count). The van der Waals surface area contributed by atoms with Gasteiger partial charge in [0, 0.05) is 5.02 Å². The first-order chi connectivity index (χ1) is 19.0. The van der Waals surface area contributed by atoms with Gasteiger partial charge in [0.15, 0.2) is 18.5 Å². The lowest BCUT2D eigenvalue weighted by molar-refractivity contribution is -0.242. The van der Waals surface area contributed by atoms with Crippen molar-refractivity contribution < 1.29 is 14.3 Å². The number of ether oxygens (including phenoxy) is 2. The van der Waals surface area contributed by atoms with Crippen LogP contribution >= 0.6 is 22.9 Å². The Labute approximate surface area is 235 Å². The fourth-order valence-corrected chi connectivity index (χ4v) is 5.47. The van der Waals surface area contributed by atoms with Crippen LogP contribution in [-0.2, 0) is 27.4 Å². The van der Waals surface area contributed by atoms with Gasteiger partial charge in [-0.2, -0.15) is 4.90 Å². The van der Waals surface area contributed by atoms with Crippen molar-refractivity contribution in [1.29, 1.82) is 0 Å². The Morgan fingerprint density at radius 1 is 1.13 bits per heavy atom. The van der Waals surface area contributed by atoms with E-state index in [1.54, 1.807) is 22.5 Å². The molecule has 2 aliphatic heterocycles. The SMILES string of the molecule is Cc1nc2ccc(NC3=[N+]=CC(N[C@H]4COC4OCc4ccccc4)C(=O)N3Cc3ccc(Cl)cc3)cc2s1. The Morgan fingerprint density at radius 3 is 2.72 bits per heavy atom. The summed E-state index contributed by atoms with van der Waals surface area (Å²) in [5, 5.41) is 8.36. The van der Waals surface area contributed by atoms with E-state index in [0.29, 0.717) is 30.7 Å². The van der Waals surface area contributed by atoms with Crippen LogP contribution in [0.2, 0.25) is 5.02 Å². The second-order valence-corrected chi connectivity index (χ2v) is 11.1. The molecule has 1 fully saturated rings. The number of anilines is 1. The number of nitrogens with zero attached hydrogens (tertiary/aromatic N) is 3. The van der Waals surface area contributed by atoms with Crippen LogP contribution in [-0.4, -0.2) is 52.9 Å². The molecule has 8 nitrogen and oxygen atoms in total. The summed E-state index contributed by atoms with van der Waals surface area (Å²) in [4.78, 5) is 20.0. The molecule has 198 valence electrons. The zero-order valence-corrected chi connectivity index (χ0v) is 22.8. The largest absolute Gasteiger partial charge is 0.453 e. The molecule has 3 aromatic carbocycles. The smallest absolute Gasteiger partial charge is 0.349 e. The number of halogens is 1. The molecular weight excluding hydrogens is 534 g/mol. The average Bonchev–Trinajstić information content (AvgIpc) is 3.30. The molecule has 0 spiro atoms. The maximum atomic E-state index is 13.8. The van der Waals surface area contributed by atoms with E-state index in [0.717, 1.165) is 32.0 Å². The number of hydrogen-bond acceptors (Lipinski definition) is 7. The number of carbonyl (C=O) groups is 1. The van der Waals surface area contributed by atoms with Gasteiger partial charge in [0.2, 0.25) is 0 Å². The molecular formula is C29H27ClN5O3S+. The van der Waals surface area contributed by atoms with Crippen LogP contribution in [0.25, 0.3) is 10.2 Å². The van der Waals surface area contributed by atoms with Crippen molar-refractivity contribution in [2.75, 3.05) is 11.9 Å². The summed E-state index contributed by atoms with van der Waals surface area (Å²) < 4.78 is 17.3. The fourth-order valence-electron chi connectivity index (χ4n) is 4.48. The molecule has 2 unspecified atom stereocenters. The Kier molecular flexibility index (Phi) is 7.43. The number of nitrogens with one attached hydrogen (secondary N) is 2. The third kappa shape index (κ3) is 5.89. The lowest BCUT2D eigenvalue weighted by Crippen LogP contribution is -2.63.